The highest BCUT2D eigenvalue weighted by Crippen LogP contribution is 2.33. The number of carbonyl (C=O) groups excluding carboxylic acids is 1. The number of benzene rings is 1. The van der Waals surface area contributed by atoms with Crippen molar-refractivity contribution >= 4 is 16.9 Å². The second-order valence-electron chi connectivity index (χ2n) is 8.92. The lowest BCUT2D eigenvalue weighted by Crippen LogP contribution is -2.45. The molecular weight excluding hydrogens is 463 g/mol. The number of rotatable bonds is 7. The number of nitrogens with zero attached hydrogens (tertiary/aromatic N) is 3. The largest absolute Gasteiger partial charge is 0.418 e. The zero-order valence-corrected chi connectivity index (χ0v) is 18.9. The Labute approximate surface area is 199 Å². The molecular formula is C24H26F3N5O3. The van der Waals surface area contributed by atoms with E-state index in [2.05, 4.69) is 25.2 Å². The maximum Gasteiger partial charge on any atom is 0.418 e. The molecule has 8 nitrogen and oxygen atoms in total. The van der Waals surface area contributed by atoms with E-state index in [-0.39, 0.29) is 47.4 Å². The zero-order valence-electron chi connectivity index (χ0n) is 18.9. The van der Waals surface area contributed by atoms with E-state index in [1.54, 1.807) is 12.4 Å². The predicted octanol–water partition coefficient (Wildman–Crippen LogP) is 2.69. The summed E-state index contributed by atoms with van der Waals surface area (Å²) < 4.78 is 51.6. The Hall–Kier alpha value is -3.02. The van der Waals surface area contributed by atoms with Gasteiger partial charge in [-0.1, -0.05) is 12.1 Å². The van der Waals surface area contributed by atoms with E-state index in [0.29, 0.717) is 32.9 Å². The number of imidazole rings is 1. The molecule has 11 heteroatoms. The fourth-order valence-electron chi connectivity index (χ4n) is 4.71. The third-order valence-electron chi connectivity index (χ3n) is 6.44. The molecule has 1 amide bonds. The first-order valence-electron chi connectivity index (χ1n) is 11.5. The van der Waals surface area contributed by atoms with Gasteiger partial charge in [-0.3, -0.25) is 14.7 Å². The number of nitrogens with one attached hydrogen (secondary N) is 2. The van der Waals surface area contributed by atoms with Crippen LogP contribution in [0.4, 0.5) is 13.2 Å². The van der Waals surface area contributed by atoms with Crippen molar-refractivity contribution in [1.29, 1.82) is 0 Å². The van der Waals surface area contributed by atoms with Gasteiger partial charge in [-0.15, -0.1) is 0 Å². The van der Waals surface area contributed by atoms with Gasteiger partial charge in [0.2, 0.25) is 5.91 Å². The molecule has 2 unspecified atom stereocenters. The minimum absolute atomic E-state index is 0.162. The number of fused-ring (bicyclic) bond motifs is 1. The van der Waals surface area contributed by atoms with E-state index in [4.69, 9.17) is 9.47 Å². The highest BCUT2D eigenvalue weighted by atomic mass is 19.4. The normalized spacial score (nSPS) is 23.2. The first kappa shape index (κ1) is 23.7. The number of H-pyrrole nitrogens is 1. The molecule has 0 radical (unpaired) electrons. The number of alkyl halides is 3. The Kier molecular flexibility index (Phi) is 6.72. The molecule has 0 spiro atoms. The van der Waals surface area contributed by atoms with Crippen LogP contribution in [0.15, 0.2) is 42.7 Å². The molecule has 0 saturated carbocycles. The molecule has 3 aromatic rings. The minimum atomic E-state index is -4.52. The van der Waals surface area contributed by atoms with Crippen LogP contribution in [0.1, 0.15) is 23.4 Å². The number of ether oxygens (including phenoxy) is 2. The van der Waals surface area contributed by atoms with Gasteiger partial charge in [0.1, 0.15) is 11.3 Å². The Morgan fingerprint density at radius 1 is 1.26 bits per heavy atom. The van der Waals surface area contributed by atoms with Gasteiger partial charge in [0, 0.05) is 38.1 Å². The predicted molar refractivity (Wildman–Crippen MR) is 120 cm³/mol. The van der Waals surface area contributed by atoms with Gasteiger partial charge in [-0.25, -0.2) is 4.98 Å². The minimum Gasteiger partial charge on any atom is -0.380 e. The van der Waals surface area contributed by atoms with Crippen LogP contribution in [0.25, 0.3) is 11.0 Å². The molecule has 35 heavy (non-hydrogen) atoms. The Morgan fingerprint density at radius 3 is 2.89 bits per heavy atom. The van der Waals surface area contributed by atoms with Gasteiger partial charge in [-0.2, -0.15) is 13.2 Å². The second-order valence-corrected chi connectivity index (χ2v) is 8.92. The van der Waals surface area contributed by atoms with Crippen LogP contribution in [0.2, 0.25) is 0 Å². The van der Waals surface area contributed by atoms with E-state index >= 15 is 0 Å². The Bertz CT molecular complexity index is 1160. The quantitative estimate of drug-likeness (QED) is 0.530. The lowest BCUT2D eigenvalue weighted by molar-refractivity contribution is -0.136. The fraction of sp³-hybridized carbons (Fsp3) is 0.458. The maximum atomic E-state index is 13.3. The summed E-state index contributed by atoms with van der Waals surface area (Å²) in [6.07, 6.45) is -0.570. The molecule has 2 aromatic heterocycles. The average molecular weight is 489 g/mol. The monoisotopic (exact) mass is 489 g/mol. The summed E-state index contributed by atoms with van der Waals surface area (Å²) in [5.74, 6) is -0.150. The molecule has 2 N–H and O–H groups in total. The summed E-state index contributed by atoms with van der Waals surface area (Å²) in [6, 6.07) is 7.59. The van der Waals surface area contributed by atoms with Crippen molar-refractivity contribution in [2.75, 3.05) is 26.3 Å². The van der Waals surface area contributed by atoms with E-state index in [0.717, 1.165) is 18.1 Å². The molecule has 0 aliphatic carbocycles. The number of pyridine rings is 1. The third-order valence-corrected chi connectivity index (χ3v) is 6.44. The van der Waals surface area contributed by atoms with Crippen molar-refractivity contribution in [3.63, 3.8) is 0 Å². The number of likely N-dealkylation sites (tertiary alicyclic amines) is 1. The molecule has 4 heterocycles. The number of hydrogen-bond acceptors (Lipinski definition) is 6. The standard InChI is InChI=1S/C24H26F3N5O3/c25-24(26,27)17-4-1-5-18-23(17)31-21(29-18)9-22(33)30-19-11-32(16-6-8-34-14-16)12-20(19)35-13-15-3-2-7-28-10-15/h1-5,7,10,16,19-20H,6,8-9,11-14H2,(H,29,31)(H,30,33)/t16?,19?,20-/m0/s1. The lowest BCUT2D eigenvalue weighted by Gasteiger charge is -2.21. The molecule has 3 atom stereocenters. The number of hydrogen-bond donors (Lipinski definition) is 2. The smallest absolute Gasteiger partial charge is 0.380 e. The number of amides is 1. The van der Waals surface area contributed by atoms with Gasteiger partial charge < -0.3 is 19.8 Å². The molecule has 5 rings (SSSR count). The highest BCUT2D eigenvalue weighted by Gasteiger charge is 2.39. The number of halogens is 3. The fourth-order valence-corrected chi connectivity index (χ4v) is 4.71. The summed E-state index contributed by atoms with van der Waals surface area (Å²) in [6.45, 7) is 2.99. The van der Waals surface area contributed by atoms with Crippen molar-refractivity contribution < 1.29 is 27.4 Å². The Morgan fingerprint density at radius 2 is 2.14 bits per heavy atom. The number of aromatic nitrogens is 3. The van der Waals surface area contributed by atoms with Gasteiger partial charge in [0.05, 0.1) is 42.9 Å². The Balaban J connectivity index is 1.26. The van der Waals surface area contributed by atoms with Crippen LogP contribution in [0, 0.1) is 0 Å². The van der Waals surface area contributed by atoms with E-state index in [1.807, 2.05) is 12.1 Å². The van der Waals surface area contributed by atoms with Crippen LogP contribution in [0.5, 0.6) is 0 Å². The van der Waals surface area contributed by atoms with Gasteiger partial charge in [0.15, 0.2) is 0 Å². The first-order chi connectivity index (χ1) is 16.9. The van der Waals surface area contributed by atoms with Crippen LogP contribution >= 0.6 is 0 Å². The molecule has 0 bridgehead atoms. The van der Waals surface area contributed by atoms with Crippen molar-refractivity contribution in [2.24, 2.45) is 0 Å². The number of aromatic amines is 1. The highest BCUT2D eigenvalue weighted by molar-refractivity contribution is 5.82. The van der Waals surface area contributed by atoms with Crippen molar-refractivity contribution in [1.82, 2.24) is 25.2 Å². The second kappa shape index (κ2) is 9.92. The van der Waals surface area contributed by atoms with Gasteiger partial charge in [-0.05, 0) is 30.2 Å². The first-order valence-corrected chi connectivity index (χ1v) is 11.5. The van der Waals surface area contributed by atoms with E-state index in [1.165, 1.54) is 12.1 Å². The molecule has 2 aliphatic rings. The van der Waals surface area contributed by atoms with Crippen LogP contribution in [0.3, 0.4) is 0 Å². The average Bonchev–Trinajstić information content (AvgIpc) is 3.57. The summed E-state index contributed by atoms with van der Waals surface area (Å²) in [4.78, 5) is 26.1. The molecule has 2 aliphatic heterocycles. The van der Waals surface area contributed by atoms with Crippen molar-refractivity contribution in [3.8, 4) is 0 Å². The molecule has 186 valence electrons. The van der Waals surface area contributed by atoms with Crippen LogP contribution in [-0.4, -0.2) is 70.2 Å². The maximum absolute atomic E-state index is 13.3. The summed E-state index contributed by atoms with van der Waals surface area (Å²) in [5.41, 5.74) is 0.164. The van der Waals surface area contributed by atoms with E-state index < -0.39 is 11.7 Å². The summed E-state index contributed by atoms with van der Waals surface area (Å²) >= 11 is 0. The number of carbonyl (C=O) groups is 1. The summed E-state index contributed by atoms with van der Waals surface area (Å²) in [5, 5.41) is 3.01. The molecule has 2 saturated heterocycles. The van der Waals surface area contributed by atoms with Gasteiger partial charge in [0.25, 0.3) is 0 Å². The molecule has 1 aromatic carbocycles. The zero-order chi connectivity index (χ0) is 24.4. The topological polar surface area (TPSA) is 92.4 Å². The van der Waals surface area contributed by atoms with Crippen LogP contribution < -0.4 is 5.32 Å². The third kappa shape index (κ3) is 5.47. The van der Waals surface area contributed by atoms with Crippen molar-refractivity contribution in [3.05, 3.63) is 59.7 Å². The molecule has 2 fully saturated rings. The van der Waals surface area contributed by atoms with Crippen molar-refractivity contribution in [2.45, 2.75) is 43.8 Å². The van der Waals surface area contributed by atoms with E-state index in [9.17, 15) is 18.0 Å². The number of para-hydroxylation sites is 1. The summed E-state index contributed by atoms with van der Waals surface area (Å²) in [7, 11) is 0. The van der Waals surface area contributed by atoms with Crippen LogP contribution in [-0.2, 0) is 33.5 Å². The lowest BCUT2D eigenvalue weighted by atomic mass is 10.2. The SMILES string of the molecule is O=C(Cc1nc2c(C(F)(F)F)cccc2[nH]1)NC1CN(C2CCOC2)C[C@@H]1OCc1cccnc1. The van der Waals surface area contributed by atoms with Gasteiger partial charge >= 0.3 is 6.18 Å².